The maximum Gasteiger partial charge on any atom is 0.361 e. The number of methoxy groups -OCH3 is 1. The fourth-order valence-electron chi connectivity index (χ4n) is 1.33. The first-order chi connectivity index (χ1) is 8.57. The molecule has 0 saturated carbocycles. The lowest BCUT2D eigenvalue weighted by Crippen LogP contribution is -2.14. The van der Waals surface area contributed by atoms with E-state index in [0.717, 1.165) is 0 Å². The number of esters is 1. The van der Waals surface area contributed by atoms with Crippen molar-refractivity contribution in [3.8, 4) is 0 Å². The van der Waals surface area contributed by atoms with Crippen molar-refractivity contribution in [3.63, 3.8) is 0 Å². The number of ether oxygens (including phenoxy) is 1. The Morgan fingerprint density at radius 2 is 1.94 bits per heavy atom. The van der Waals surface area contributed by atoms with Crippen LogP contribution in [0.15, 0.2) is 18.3 Å². The number of hydrogen-bond acceptors (Lipinski definition) is 6. The molecule has 1 aromatic rings. The minimum absolute atomic E-state index is 0.0645. The van der Waals surface area contributed by atoms with Gasteiger partial charge in [-0.15, -0.1) is 0 Å². The Balaban J connectivity index is 3.13. The summed E-state index contributed by atoms with van der Waals surface area (Å²) in [6.07, 6.45) is 1.37. The summed E-state index contributed by atoms with van der Waals surface area (Å²) in [4.78, 5) is 15.2. The molecule has 0 radical (unpaired) electrons. The Labute approximate surface area is 106 Å². The van der Waals surface area contributed by atoms with Crippen LogP contribution in [0.25, 0.3) is 0 Å². The van der Waals surface area contributed by atoms with Crippen LogP contribution < -0.4 is 5.30 Å². The lowest BCUT2D eigenvalue weighted by atomic mass is 10.3. The molecule has 1 aromatic heterocycles. The Bertz CT molecular complexity index is 453. The molecule has 1 rings (SSSR count). The highest BCUT2D eigenvalue weighted by atomic mass is 31.2. The third kappa shape index (κ3) is 3.38. The van der Waals surface area contributed by atoms with Crippen molar-refractivity contribution in [3.05, 3.63) is 24.0 Å². The molecule has 0 unspecified atom stereocenters. The van der Waals surface area contributed by atoms with Gasteiger partial charge in [-0.05, 0) is 26.0 Å². The fourth-order valence-corrected chi connectivity index (χ4v) is 2.91. The zero-order chi connectivity index (χ0) is 13.6. The van der Waals surface area contributed by atoms with E-state index in [-0.39, 0.29) is 18.9 Å². The normalized spacial score (nSPS) is 11.3. The molecule has 0 aromatic carbocycles. The molecule has 1 heterocycles. The molecule has 0 amide bonds. The third-order valence-electron chi connectivity index (χ3n) is 2.05. The molecule has 18 heavy (non-hydrogen) atoms. The maximum atomic E-state index is 12.5. The van der Waals surface area contributed by atoms with Gasteiger partial charge < -0.3 is 13.8 Å². The summed E-state index contributed by atoms with van der Waals surface area (Å²) in [7, 11) is -2.15. The van der Waals surface area contributed by atoms with Crippen LogP contribution in [0.1, 0.15) is 24.3 Å². The van der Waals surface area contributed by atoms with E-state index in [9.17, 15) is 9.36 Å². The Hall–Kier alpha value is -1.23. The first kappa shape index (κ1) is 14.8. The van der Waals surface area contributed by atoms with E-state index in [2.05, 4.69) is 9.72 Å². The summed E-state index contributed by atoms with van der Waals surface area (Å²) in [6, 6.07) is 2.86. The van der Waals surface area contributed by atoms with Crippen molar-refractivity contribution >= 4 is 18.9 Å². The molecule has 0 fully saturated rings. The highest BCUT2D eigenvalue weighted by Crippen LogP contribution is 2.46. The molecule has 0 saturated heterocycles. The highest BCUT2D eigenvalue weighted by molar-refractivity contribution is 7.62. The number of hydrogen-bond donors (Lipinski definition) is 0. The van der Waals surface area contributed by atoms with E-state index < -0.39 is 13.6 Å². The molecule has 0 bridgehead atoms. The summed E-state index contributed by atoms with van der Waals surface area (Å²) in [6.45, 7) is 3.92. The molecule has 7 heteroatoms. The summed E-state index contributed by atoms with van der Waals surface area (Å²) < 4.78 is 27.4. The van der Waals surface area contributed by atoms with Gasteiger partial charge in [0.15, 0.2) is 0 Å². The quantitative estimate of drug-likeness (QED) is 0.580. The summed E-state index contributed by atoms with van der Waals surface area (Å²) in [5.74, 6) is -0.601. The zero-order valence-electron chi connectivity index (χ0n) is 10.6. The number of carbonyl (C=O) groups excluding carboxylic acids is 1. The Morgan fingerprint density at radius 1 is 1.33 bits per heavy atom. The van der Waals surface area contributed by atoms with Gasteiger partial charge in [0.2, 0.25) is 0 Å². The molecule has 100 valence electrons. The van der Waals surface area contributed by atoms with Crippen LogP contribution in [0.4, 0.5) is 0 Å². The van der Waals surface area contributed by atoms with E-state index in [4.69, 9.17) is 9.05 Å². The van der Waals surface area contributed by atoms with Gasteiger partial charge >= 0.3 is 13.6 Å². The van der Waals surface area contributed by atoms with Crippen LogP contribution in [0.3, 0.4) is 0 Å². The van der Waals surface area contributed by atoms with Crippen molar-refractivity contribution in [2.45, 2.75) is 13.8 Å². The minimum Gasteiger partial charge on any atom is -0.464 e. The predicted molar refractivity (Wildman–Crippen MR) is 66.1 cm³/mol. The Morgan fingerprint density at radius 3 is 2.44 bits per heavy atom. The van der Waals surface area contributed by atoms with Gasteiger partial charge in [-0.25, -0.2) is 9.78 Å². The monoisotopic (exact) mass is 273 g/mol. The molecule has 0 spiro atoms. The highest BCUT2D eigenvalue weighted by Gasteiger charge is 2.27. The molecule has 0 aliphatic rings. The standard InChI is InChI=1S/C11H16NO5P/c1-4-16-18(14,17-5-2)9-6-7-12-10(8-9)11(13)15-3/h6-8H,4-5H2,1-3H3. The number of nitrogens with zero attached hydrogens (tertiary/aromatic N) is 1. The molecule has 0 aliphatic carbocycles. The second kappa shape index (κ2) is 6.64. The van der Waals surface area contributed by atoms with Crippen LogP contribution in [0.2, 0.25) is 0 Å². The summed E-state index contributed by atoms with van der Waals surface area (Å²) in [5, 5.41) is 0.293. The topological polar surface area (TPSA) is 74.7 Å². The van der Waals surface area contributed by atoms with E-state index in [0.29, 0.717) is 5.30 Å². The van der Waals surface area contributed by atoms with Crippen molar-refractivity contribution in [2.24, 2.45) is 0 Å². The van der Waals surface area contributed by atoms with Crippen molar-refractivity contribution in [1.29, 1.82) is 0 Å². The molecule has 6 nitrogen and oxygen atoms in total. The molecular formula is C11H16NO5P. The van der Waals surface area contributed by atoms with Gasteiger partial charge in [-0.3, -0.25) is 4.57 Å². The predicted octanol–water partition coefficient (Wildman–Crippen LogP) is 1.76. The maximum absolute atomic E-state index is 12.5. The largest absolute Gasteiger partial charge is 0.464 e. The van der Waals surface area contributed by atoms with Crippen LogP contribution in [-0.4, -0.2) is 31.3 Å². The second-order valence-electron chi connectivity index (χ2n) is 3.22. The lowest BCUT2D eigenvalue weighted by molar-refractivity contribution is 0.0594. The summed E-state index contributed by atoms with van der Waals surface area (Å²) >= 11 is 0. The first-order valence-corrected chi connectivity index (χ1v) is 7.05. The van der Waals surface area contributed by atoms with Crippen molar-refractivity contribution in [1.82, 2.24) is 4.98 Å². The fraction of sp³-hybridized carbons (Fsp3) is 0.455. The van der Waals surface area contributed by atoms with Gasteiger partial charge in [-0.1, -0.05) is 0 Å². The van der Waals surface area contributed by atoms with E-state index in [1.165, 1.54) is 25.4 Å². The zero-order valence-corrected chi connectivity index (χ0v) is 11.5. The first-order valence-electron chi connectivity index (χ1n) is 5.51. The molecular weight excluding hydrogens is 257 g/mol. The number of pyridine rings is 1. The van der Waals surface area contributed by atoms with Gasteiger partial charge in [0.05, 0.1) is 25.6 Å². The van der Waals surface area contributed by atoms with Crippen molar-refractivity contribution in [2.75, 3.05) is 20.3 Å². The number of carbonyl (C=O) groups is 1. The van der Waals surface area contributed by atoms with Gasteiger partial charge in [0, 0.05) is 6.20 Å². The molecule has 0 aliphatic heterocycles. The van der Waals surface area contributed by atoms with Crippen LogP contribution in [-0.2, 0) is 18.3 Å². The van der Waals surface area contributed by atoms with E-state index in [1.807, 2.05) is 0 Å². The van der Waals surface area contributed by atoms with Gasteiger partial charge in [-0.2, -0.15) is 0 Å². The van der Waals surface area contributed by atoms with E-state index >= 15 is 0 Å². The lowest BCUT2D eigenvalue weighted by Gasteiger charge is -2.17. The van der Waals surface area contributed by atoms with Crippen LogP contribution in [0, 0.1) is 0 Å². The van der Waals surface area contributed by atoms with Gasteiger partial charge in [0.25, 0.3) is 0 Å². The number of rotatable bonds is 6. The molecule has 0 atom stereocenters. The van der Waals surface area contributed by atoms with Crippen LogP contribution in [0.5, 0.6) is 0 Å². The van der Waals surface area contributed by atoms with Crippen molar-refractivity contribution < 1.29 is 23.1 Å². The summed E-state index contributed by atoms with van der Waals surface area (Å²) in [5.41, 5.74) is 0.0645. The minimum atomic E-state index is -3.40. The second-order valence-corrected chi connectivity index (χ2v) is 5.25. The average molecular weight is 273 g/mol. The Kier molecular flexibility index (Phi) is 5.47. The SMILES string of the molecule is CCOP(=O)(OCC)c1ccnc(C(=O)OC)c1. The third-order valence-corrected chi connectivity index (χ3v) is 4.16. The van der Waals surface area contributed by atoms with E-state index in [1.54, 1.807) is 13.8 Å². The number of aromatic nitrogens is 1. The smallest absolute Gasteiger partial charge is 0.361 e. The van der Waals surface area contributed by atoms with Crippen LogP contribution >= 0.6 is 7.60 Å². The molecule has 0 N–H and O–H groups in total. The average Bonchev–Trinajstić information content (AvgIpc) is 2.38. The van der Waals surface area contributed by atoms with Gasteiger partial charge in [0.1, 0.15) is 5.69 Å².